The van der Waals surface area contributed by atoms with Gasteiger partial charge >= 0.3 is 0 Å². The summed E-state index contributed by atoms with van der Waals surface area (Å²) in [6.07, 6.45) is 2.31. The number of Topliss-reactive ketones (excluding diaryl/α,β-unsaturated/α-hetero) is 1. The third-order valence-electron chi connectivity index (χ3n) is 4.04. The lowest BCUT2D eigenvalue weighted by molar-refractivity contribution is 0.101. The maximum atomic E-state index is 11.5. The largest absolute Gasteiger partial charge is 0.367 e. The first kappa shape index (κ1) is 15.5. The molecule has 1 aliphatic heterocycles. The molecule has 0 aromatic heterocycles. The molecule has 0 aliphatic carbocycles. The Hall–Kier alpha value is -0.870. The Balaban J connectivity index is 2.28. The van der Waals surface area contributed by atoms with Gasteiger partial charge < -0.3 is 9.80 Å². The third kappa shape index (κ3) is 3.41. The van der Waals surface area contributed by atoms with Crippen LogP contribution in [0.2, 0.25) is 0 Å². The van der Waals surface area contributed by atoms with Crippen LogP contribution in [0.4, 0.5) is 5.69 Å². The molecule has 1 atom stereocenters. The molecule has 2 rings (SSSR count). The van der Waals surface area contributed by atoms with Gasteiger partial charge in [-0.3, -0.25) is 4.79 Å². The minimum Gasteiger partial charge on any atom is -0.367 e. The monoisotopic (exact) mass is 338 g/mol. The molecule has 1 aromatic carbocycles. The molecular weight excluding hydrogens is 316 g/mol. The standard InChI is InChI=1S/C16H23BrN2O/c1-4-13-11-18(3)8-5-9-19(13)14-6-7-15(12(2)20)16(17)10-14/h6-7,10,13H,4-5,8-9,11H2,1-3H3. The molecule has 0 radical (unpaired) electrons. The number of carbonyl (C=O) groups is 1. The van der Waals surface area contributed by atoms with Crippen LogP contribution in [0.25, 0.3) is 0 Å². The average molecular weight is 339 g/mol. The quantitative estimate of drug-likeness (QED) is 0.787. The number of benzene rings is 1. The van der Waals surface area contributed by atoms with Crippen molar-refractivity contribution in [2.24, 2.45) is 0 Å². The number of carbonyl (C=O) groups excluding carboxylic acids is 1. The molecule has 1 aromatic rings. The van der Waals surface area contributed by atoms with Gasteiger partial charge in [-0.05, 0) is 67.5 Å². The van der Waals surface area contributed by atoms with Gasteiger partial charge in [0.05, 0.1) is 0 Å². The van der Waals surface area contributed by atoms with E-state index in [9.17, 15) is 4.79 Å². The summed E-state index contributed by atoms with van der Waals surface area (Å²) in [6, 6.07) is 6.64. The average Bonchev–Trinajstić information content (AvgIpc) is 2.59. The highest BCUT2D eigenvalue weighted by atomic mass is 79.9. The lowest BCUT2D eigenvalue weighted by Crippen LogP contribution is -2.39. The van der Waals surface area contributed by atoms with Crippen LogP contribution in [0.15, 0.2) is 22.7 Å². The summed E-state index contributed by atoms with van der Waals surface area (Å²) in [4.78, 5) is 16.4. The molecule has 110 valence electrons. The number of hydrogen-bond acceptors (Lipinski definition) is 3. The summed E-state index contributed by atoms with van der Waals surface area (Å²) < 4.78 is 0.898. The Kier molecular flexibility index (Phi) is 5.22. The van der Waals surface area contributed by atoms with Gasteiger partial charge in [0.15, 0.2) is 5.78 Å². The van der Waals surface area contributed by atoms with E-state index in [0.29, 0.717) is 6.04 Å². The molecule has 1 saturated heterocycles. The Morgan fingerprint density at radius 3 is 2.75 bits per heavy atom. The zero-order valence-corrected chi connectivity index (χ0v) is 14.1. The second-order valence-electron chi connectivity index (χ2n) is 5.59. The number of hydrogen-bond donors (Lipinski definition) is 0. The number of ketones is 1. The van der Waals surface area contributed by atoms with Gasteiger partial charge in [-0.2, -0.15) is 0 Å². The second-order valence-corrected chi connectivity index (χ2v) is 6.45. The van der Waals surface area contributed by atoms with E-state index >= 15 is 0 Å². The fourth-order valence-electron chi connectivity index (χ4n) is 2.90. The minimum absolute atomic E-state index is 0.103. The van der Waals surface area contributed by atoms with E-state index in [-0.39, 0.29) is 5.78 Å². The predicted molar refractivity (Wildman–Crippen MR) is 87.7 cm³/mol. The van der Waals surface area contributed by atoms with Gasteiger partial charge in [-0.15, -0.1) is 0 Å². The number of rotatable bonds is 3. The molecule has 0 saturated carbocycles. The van der Waals surface area contributed by atoms with Crippen molar-refractivity contribution in [1.29, 1.82) is 0 Å². The number of nitrogens with zero attached hydrogens (tertiary/aromatic N) is 2. The van der Waals surface area contributed by atoms with Crippen molar-refractivity contribution < 1.29 is 4.79 Å². The van der Waals surface area contributed by atoms with Crippen LogP contribution in [-0.2, 0) is 0 Å². The van der Waals surface area contributed by atoms with E-state index in [0.717, 1.165) is 36.1 Å². The first-order valence-corrected chi connectivity index (χ1v) is 8.08. The first-order valence-electron chi connectivity index (χ1n) is 7.28. The van der Waals surface area contributed by atoms with Crippen LogP contribution in [0.5, 0.6) is 0 Å². The maximum absolute atomic E-state index is 11.5. The highest BCUT2D eigenvalue weighted by molar-refractivity contribution is 9.10. The van der Waals surface area contributed by atoms with E-state index in [1.54, 1.807) is 6.92 Å². The molecule has 0 amide bonds. The van der Waals surface area contributed by atoms with E-state index in [2.05, 4.69) is 51.8 Å². The second kappa shape index (κ2) is 6.72. The summed E-state index contributed by atoms with van der Waals surface area (Å²) in [6.45, 7) is 7.18. The Morgan fingerprint density at radius 2 is 2.15 bits per heavy atom. The normalized spacial score (nSPS) is 20.8. The van der Waals surface area contributed by atoms with Crippen molar-refractivity contribution in [2.45, 2.75) is 32.7 Å². The predicted octanol–water partition coefficient (Wildman–Crippen LogP) is 3.57. The van der Waals surface area contributed by atoms with E-state index in [4.69, 9.17) is 0 Å². The number of halogens is 1. The molecule has 1 fully saturated rings. The molecule has 4 heteroatoms. The summed E-state index contributed by atoms with van der Waals surface area (Å²) in [5.41, 5.74) is 1.97. The Labute approximate surface area is 130 Å². The van der Waals surface area contributed by atoms with Crippen molar-refractivity contribution in [3.8, 4) is 0 Å². The van der Waals surface area contributed by atoms with Crippen molar-refractivity contribution in [3.63, 3.8) is 0 Å². The smallest absolute Gasteiger partial charge is 0.160 e. The molecule has 0 N–H and O–H groups in total. The van der Waals surface area contributed by atoms with Crippen molar-refractivity contribution in [1.82, 2.24) is 4.90 Å². The van der Waals surface area contributed by atoms with Crippen LogP contribution in [-0.4, -0.2) is 43.4 Å². The summed E-state index contributed by atoms with van der Waals surface area (Å²) >= 11 is 3.53. The van der Waals surface area contributed by atoms with Crippen LogP contribution < -0.4 is 4.90 Å². The summed E-state index contributed by atoms with van der Waals surface area (Å²) in [7, 11) is 2.20. The molecule has 0 spiro atoms. The van der Waals surface area contributed by atoms with Gasteiger partial charge in [0.2, 0.25) is 0 Å². The minimum atomic E-state index is 0.103. The fraction of sp³-hybridized carbons (Fsp3) is 0.562. The zero-order chi connectivity index (χ0) is 14.7. The molecule has 3 nitrogen and oxygen atoms in total. The van der Waals surface area contributed by atoms with Crippen molar-refractivity contribution >= 4 is 27.4 Å². The van der Waals surface area contributed by atoms with Crippen LogP contribution >= 0.6 is 15.9 Å². The van der Waals surface area contributed by atoms with Gasteiger partial charge in [0.1, 0.15) is 0 Å². The molecule has 1 aliphatic rings. The summed E-state index contributed by atoms with van der Waals surface area (Å²) in [5, 5.41) is 0. The van der Waals surface area contributed by atoms with E-state index < -0.39 is 0 Å². The third-order valence-corrected chi connectivity index (χ3v) is 4.69. The molecule has 20 heavy (non-hydrogen) atoms. The number of likely N-dealkylation sites (N-methyl/N-ethyl adjacent to an activating group) is 1. The Bertz CT molecular complexity index is 489. The Morgan fingerprint density at radius 1 is 1.40 bits per heavy atom. The van der Waals surface area contributed by atoms with Crippen LogP contribution in [0, 0.1) is 0 Å². The van der Waals surface area contributed by atoms with Gasteiger partial charge in [0.25, 0.3) is 0 Å². The zero-order valence-electron chi connectivity index (χ0n) is 12.5. The lowest BCUT2D eigenvalue weighted by Gasteiger charge is -2.32. The van der Waals surface area contributed by atoms with E-state index in [1.807, 2.05) is 6.07 Å². The summed E-state index contributed by atoms with van der Waals surface area (Å²) in [5.74, 6) is 0.103. The van der Waals surface area contributed by atoms with Crippen molar-refractivity contribution in [3.05, 3.63) is 28.2 Å². The van der Waals surface area contributed by atoms with E-state index in [1.165, 1.54) is 12.1 Å². The molecule has 1 unspecified atom stereocenters. The highest BCUT2D eigenvalue weighted by Gasteiger charge is 2.22. The SMILES string of the molecule is CCC1CN(C)CCCN1c1ccc(C(C)=O)c(Br)c1. The van der Waals surface area contributed by atoms with Gasteiger partial charge in [0, 0.05) is 34.9 Å². The van der Waals surface area contributed by atoms with Gasteiger partial charge in [-0.1, -0.05) is 6.92 Å². The topological polar surface area (TPSA) is 23.6 Å². The maximum Gasteiger partial charge on any atom is 0.160 e. The van der Waals surface area contributed by atoms with Gasteiger partial charge in [-0.25, -0.2) is 0 Å². The molecule has 1 heterocycles. The lowest BCUT2D eigenvalue weighted by atomic mass is 10.1. The van der Waals surface area contributed by atoms with Crippen LogP contribution in [0.1, 0.15) is 37.0 Å². The molecule has 0 bridgehead atoms. The fourth-order valence-corrected chi connectivity index (χ4v) is 3.55. The highest BCUT2D eigenvalue weighted by Crippen LogP contribution is 2.27. The van der Waals surface area contributed by atoms with Crippen LogP contribution in [0.3, 0.4) is 0 Å². The number of anilines is 1. The molecular formula is C16H23BrN2O. The first-order chi connectivity index (χ1) is 9.52. The van der Waals surface area contributed by atoms with Crippen molar-refractivity contribution in [2.75, 3.05) is 31.6 Å².